The molecule has 2 atom stereocenters. The van der Waals surface area contributed by atoms with Gasteiger partial charge in [-0.25, -0.2) is 22.0 Å². The van der Waals surface area contributed by atoms with Gasteiger partial charge in [0.1, 0.15) is 35.4 Å². The fraction of sp³-hybridized carbons (Fsp3) is 0.267. The number of nitrogens with zero attached hydrogens (tertiary/aromatic N) is 3. The first kappa shape index (κ1) is 31.6. The van der Waals surface area contributed by atoms with Crippen LogP contribution in [0.4, 0.5) is 30.7 Å². The average molecular weight is 636 g/mol. The van der Waals surface area contributed by atoms with Crippen LogP contribution < -0.4 is 11.1 Å². The first-order valence-corrected chi connectivity index (χ1v) is 13.5. The molecule has 236 valence electrons. The molecule has 1 aliphatic rings. The summed E-state index contributed by atoms with van der Waals surface area (Å²) >= 11 is 0. The minimum absolute atomic E-state index is 0.0532. The SMILES string of the molecule is NC(=O)c1cc(-c2cccnc2[C@H](Cc2cc(F)cc(F)c2)NC(=O)Cn2nc(C(F)F)c3c2C(F)(F)CCC3O)ccc1F. The standard InChI is InChI=1S/C30H24F7N5O3/c31-16-8-14(9-17(32)12-16)10-21(25-18(2-1-7-39-25)15-3-4-20(33)19(11-15)29(38)45)40-23(44)13-42-27-24(26(41-42)28(34)35)22(43)5-6-30(27,36)37/h1-4,7-9,11-12,21-22,28,43H,5-6,10,13H2,(H2,38,45)(H,40,44)/t21-,22?/m0/s1. The van der Waals surface area contributed by atoms with Crippen molar-refractivity contribution in [3.63, 3.8) is 0 Å². The highest BCUT2D eigenvalue weighted by atomic mass is 19.3. The molecule has 2 aromatic heterocycles. The number of rotatable bonds is 9. The summed E-state index contributed by atoms with van der Waals surface area (Å²) in [5.41, 5.74) is 2.59. The lowest BCUT2D eigenvalue weighted by molar-refractivity contribution is -0.123. The highest BCUT2D eigenvalue weighted by Gasteiger charge is 2.47. The van der Waals surface area contributed by atoms with Crippen molar-refractivity contribution in [3.8, 4) is 11.1 Å². The number of fused-ring (bicyclic) bond motifs is 1. The lowest BCUT2D eigenvalue weighted by Crippen LogP contribution is -2.35. The van der Waals surface area contributed by atoms with Gasteiger partial charge in [0.25, 0.3) is 18.3 Å². The summed E-state index contributed by atoms with van der Waals surface area (Å²) in [6, 6.07) is 7.81. The predicted octanol–water partition coefficient (Wildman–Crippen LogP) is 5.42. The van der Waals surface area contributed by atoms with Gasteiger partial charge in [0, 0.05) is 29.8 Å². The van der Waals surface area contributed by atoms with E-state index in [1.807, 2.05) is 0 Å². The van der Waals surface area contributed by atoms with E-state index in [0.717, 1.165) is 24.3 Å². The van der Waals surface area contributed by atoms with Crippen LogP contribution >= 0.6 is 0 Å². The van der Waals surface area contributed by atoms with Gasteiger partial charge >= 0.3 is 0 Å². The lowest BCUT2D eigenvalue weighted by Gasteiger charge is -2.27. The predicted molar refractivity (Wildman–Crippen MR) is 144 cm³/mol. The summed E-state index contributed by atoms with van der Waals surface area (Å²) in [5, 5.41) is 16.3. The molecule has 0 spiro atoms. The Labute approximate surface area is 250 Å². The summed E-state index contributed by atoms with van der Waals surface area (Å²) < 4.78 is 100. The first-order valence-electron chi connectivity index (χ1n) is 13.5. The number of alkyl halides is 4. The fourth-order valence-electron chi connectivity index (χ4n) is 5.44. The molecule has 5 rings (SSSR count). The van der Waals surface area contributed by atoms with Crippen molar-refractivity contribution in [1.29, 1.82) is 0 Å². The van der Waals surface area contributed by atoms with Crippen molar-refractivity contribution in [3.05, 3.63) is 106 Å². The molecule has 0 aliphatic heterocycles. The maximum Gasteiger partial charge on any atom is 0.289 e. The topological polar surface area (TPSA) is 123 Å². The third-order valence-corrected chi connectivity index (χ3v) is 7.34. The van der Waals surface area contributed by atoms with E-state index in [4.69, 9.17) is 5.73 Å². The van der Waals surface area contributed by atoms with Crippen molar-refractivity contribution in [2.24, 2.45) is 5.73 Å². The molecule has 0 saturated carbocycles. The molecular formula is C30H24F7N5O3. The molecule has 8 nitrogen and oxygen atoms in total. The van der Waals surface area contributed by atoms with Gasteiger partial charge < -0.3 is 16.2 Å². The number of nitrogens with two attached hydrogens (primary N) is 1. The van der Waals surface area contributed by atoms with Gasteiger partial charge in [-0.05, 0) is 54.3 Å². The fourth-order valence-corrected chi connectivity index (χ4v) is 5.44. The number of amides is 2. The number of aromatic nitrogens is 3. The van der Waals surface area contributed by atoms with E-state index < -0.39 is 95.7 Å². The quantitative estimate of drug-likeness (QED) is 0.212. The number of aliphatic hydroxyl groups excluding tert-OH is 1. The molecule has 0 radical (unpaired) electrons. The van der Waals surface area contributed by atoms with Gasteiger partial charge in [-0.3, -0.25) is 19.3 Å². The minimum atomic E-state index is -3.68. The van der Waals surface area contributed by atoms with E-state index in [-0.39, 0.29) is 28.8 Å². The molecule has 2 heterocycles. The van der Waals surface area contributed by atoms with Gasteiger partial charge in [-0.2, -0.15) is 13.9 Å². The largest absolute Gasteiger partial charge is 0.388 e. The summed E-state index contributed by atoms with van der Waals surface area (Å²) in [4.78, 5) is 29.4. The highest BCUT2D eigenvalue weighted by Crippen LogP contribution is 2.47. The molecular weight excluding hydrogens is 611 g/mol. The Kier molecular flexibility index (Phi) is 8.65. The van der Waals surface area contributed by atoms with Gasteiger partial charge in [-0.15, -0.1) is 0 Å². The number of hydrogen-bond acceptors (Lipinski definition) is 5. The van der Waals surface area contributed by atoms with Crippen LogP contribution in [0.2, 0.25) is 0 Å². The molecule has 15 heteroatoms. The van der Waals surface area contributed by atoms with Crippen molar-refractivity contribution in [1.82, 2.24) is 20.1 Å². The summed E-state index contributed by atoms with van der Waals surface area (Å²) in [7, 11) is 0. The third kappa shape index (κ3) is 6.53. The van der Waals surface area contributed by atoms with E-state index in [0.29, 0.717) is 10.7 Å². The number of hydrogen-bond donors (Lipinski definition) is 3. The monoisotopic (exact) mass is 635 g/mol. The van der Waals surface area contributed by atoms with Crippen molar-refractivity contribution >= 4 is 11.8 Å². The normalized spacial score (nSPS) is 16.3. The molecule has 2 amide bonds. The Morgan fingerprint density at radius 2 is 1.78 bits per heavy atom. The van der Waals surface area contributed by atoms with E-state index >= 15 is 0 Å². The van der Waals surface area contributed by atoms with Crippen LogP contribution in [0, 0.1) is 17.5 Å². The minimum Gasteiger partial charge on any atom is -0.388 e. The second kappa shape index (κ2) is 12.3. The number of nitrogens with one attached hydrogen (secondary N) is 1. The molecule has 0 saturated heterocycles. The number of primary amides is 1. The Morgan fingerprint density at radius 1 is 1.07 bits per heavy atom. The number of carbonyl (C=O) groups is 2. The number of carbonyl (C=O) groups excluding carboxylic acids is 2. The number of halogens is 7. The number of benzene rings is 2. The van der Waals surface area contributed by atoms with Gasteiger partial charge in [0.15, 0.2) is 0 Å². The maximum atomic E-state index is 14.9. The molecule has 1 unspecified atom stereocenters. The van der Waals surface area contributed by atoms with Crippen LogP contribution in [0.5, 0.6) is 0 Å². The zero-order valence-electron chi connectivity index (χ0n) is 23.1. The smallest absolute Gasteiger partial charge is 0.289 e. The molecule has 4 aromatic rings. The number of pyridine rings is 1. The zero-order chi connectivity index (χ0) is 32.6. The van der Waals surface area contributed by atoms with Crippen molar-refractivity contribution in [2.75, 3.05) is 0 Å². The first-order chi connectivity index (χ1) is 21.2. The molecule has 0 bridgehead atoms. The average Bonchev–Trinajstić information content (AvgIpc) is 3.36. The molecule has 2 aromatic carbocycles. The third-order valence-electron chi connectivity index (χ3n) is 7.34. The Morgan fingerprint density at radius 3 is 2.44 bits per heavy atom. The Balaban J connectivity index is 1.55. The second-order valence-electron chi connectivity index (χ2n) is 10.5. The second-order valence-corrected chi connectivity index (χ2v) is 10.5. The van der Waals surface area contributed by atoms with Crippen LogP contribution in [0.25, 0.3) is 11.1 Å². The highest BCUT2D eigenvalue weighted by molar-refractivity contribution is 5.94. The van der Waals surface area contributed by atoms with Gasteiger partial charge in [-0.1, -0.05) is 12.1 Å². The summed E-state index contributed by atoms with van der Waals surface area (Å²) in [5.74, 6) is -8.51. The van der Waals surface area contributed by atoms with E-state index in [2.05, 4.69) is 15.4 Å². The van der Waals surface area contributed by atoms with E-state index in [1.54, 1.807) is 0 Å². The summed E-state index contributed by atoms with van der Waals surface area (Å²) in [6.07, 6.45) is -5.31. The Bertz CT molecular complexity index is 1760. The molecule has 1 aliphatic carbocycles. The van der Waals surface area contributed by atoms with Crippen LogP contribution in [-0.4, -0.2) is 31.7 Å². The van der Waals surface area contributed by atoms with Gasteiger partial charge in [0.05, 0.1) is 23.4 Å². The molecule has 45 heavy (non-hydrogen) atoms. The maximum absolute atomic E-state index is 14.9. The van der Waals surface area contributed by atoms with Crippen LogP contribution in [0.15, 0.2) is 54.7 Å². The molecule has 4 N–H and O–H groups in total. The Hall–Kier alpha value is -4.79. The van der Waals surface area contributed by atoms with Crippen LogP contribution in [0.1, 0.15) is 70.0 Å². The van der Waals surface area contributed by atoms with Crippen molar-refractivity contribution in [2.45, 2.75) is 50.3 Å². The number of aliphatic hydroxyl groups is 1. The zero-order valence-corrected chi connectivity index (χ0v) is 23.1. The van der Waals surface area contributed by atoms with Crippen LogP contribution in [-0.2, 0) is 23.7 Å². The summed E-state index contributed by atoms with van der Waals surface area (Å²) in [6.45, 7) is -0.990. The van der Waals surface area contributed by atoms with E-state index in [9.17, 15) is 45.4 Å². The van der Waals surface area contributed by atoms with Gasteiger partial charge in [0.2, 0.25) is 5.91 Å². The van der Waals surface area contributed by atoms with E-state index in [1.165, 1.54) is 24.4 Å². The lowest BCUT2D eigenvalue weighted by atomic mass is 9.90. The molecule has 0 fully saturated rings. The van der Waals surface area contributed by atoms with Crippen molar-refractivity contribution < 1.29 is 45.4 Å². The van der Waals surface area contributed by atoms with Crippen LogP contribution in [0.3, 0.4) is 0 Å².